The molecule has 2 aromatic rings. The van der Waals surface area contributed by atoms with Gasteiger partial charge >= 0.3 is 32.7 Å². The second-order valence-corrected chi connectivity index (χ2v) is 5.89. The van der Waals surface area contributed by atoms with E-state index in [1.807, 2.05) is 0 Å². The zero-order chi connectivity index (χ0) is 17.5. The smallest absolute Gasteiger partial charge is 0.356 e. The van der Waals surface area contributed by atoms with Crippen molar-refractivity contribution in [1.82, 2.24) is 0 Å². The Morgan fingerprint density at radius 3 is 2.28 bits per heavy atom. The van der Waals surface area contributed by atoms with Gasteiger partial charge in [-0.25, -0.2) is 0 Å². The Bertz CT molecular complexity index is 713. The van der Waals surface area contributed by atoms with Gasteiger partial charge in [-0.05, 0) is 18.1 Å². The van der Waals surface area contributed by atoms with E-state index in [0.717, 1.165) is 11.1 Å². The fourth-order valence-electron chi connectivity index (χ4n) is 2.59. The van der Waals surface area contributed by atoms with Crippen molar-refractivity contribution >= 4 is 11.6 Å². The molecule has 2 rings (SSSR count). The predicted octanol–water partition coefficient (Wildman–Crippen LogP) is 5.19. The Hall–Kier alpha value is -1.06. The Morgan fingerprint density at radius 1 is 1.08 bits per heavy atom. The van der Waals surface area contributed by atoms with Crippen molar-refractivity contribution in [3.63, 3.8) is 0 Å². The van der Waals surface area contributed by atoms with Crippen LogP contribution < -0.4 is 0 Å². The van der Waals surface area contributed by atoms with Gasteiger partial charge in [0.05, 0.1) is 0 Å². The molecule has 0 aliphatic rings. The number of hydrogen-bond donors (Lipinski definition) is 0. The zero-order valence-electron chi connectivity index (χ0n) is 15.5. The molecule has 2 aromatic carbocycles. The maximum Gasteiger partial charge on any atom is 3.00 e. The summed E-state index contributed by atoms with van der Waals surface area (Å²) < 4.78 is 10.8. The topological polar surface area (TPSA) is 18.5 Å². The van der Waals surface area contributed by atoms with Gasteiger partial charge < -0.3 is 9.47 Å². The average Bonchev–Trinajstić information content (AvgIpc) is 2.60. The maximum atomic E-state index is 5.39. The third-order valence-electron chi connectivity index (χ3n) is 4.13. The number of methoxy groups -OCH3 is 2. The van der Waals surface area contributed by atoms with Gasteiger partial charge in [-0.1, -0.05) is 54.5 Å². The van der Waals surface area contributed by atoms with Gasteiger partial charge in [0.15, 0.2) is 6.29 Å². The first-order valence-corrected chi connectivity index (χ1v) is 8.04. The Balaban J connectivity index is 0.00000312. The van der Waals surface area contributed by atoms with Crippen molar-refractivity contribution in [3.05, 3.63) is 82.9 Å². The number of rotatable bonds is 7. The molecule has 0 fully saturated rings. The minimum atomic E-state index is -0.270. The average molecular weight is 410 g/mol. The third-order valence-corrected chi connectivity index (χ3v) is 4.13. The largest absolute Gasteiger partial charge is 3.00 e. The van der Waals surface area contributed by atoms with Crippen molar-refractivity contribution < 1.29 is 42.2 Å². The molecule has 0 bridgehead atoms. The van der Waals surface area contributed by atoms with Gasteiger partial charge in [-0.2, -0.15) is 29.8 Å². The Labute approximate surface area is 176 Å². The van der Waals surface area contributed by atoms with Crippen molar-refractivity contribution in [3.8, 4) is 0 Å². The van der Waals surface area contributed by atoms with Gasteiger partial charge in [0, 0.05) is 20.6 Å². The van der Waals surface area contributed by atoms with E-state index in [-0.39, 0.29) is 39.0 Å². The molecule has 0 saturated carbocycles. The Morgan fingerprint density at radius 2 is 1.72 bits per heavy atom. The van der Waals surface area contributed by atoms with E-state index >= 15 is 0 Å². The minimum Gasteiger partial charge on any atom is -0.356 e. The van der Waals surface area contributed by atoms with Crippen LogP contribution in [-0.4, -0.2) is 20.5 Å². The molecule has 0 saturated heterocycles. The van der Waals surface area contributed by atoms with Gasteiger partial charge in [0.25, 0.3) is 0 Å². The first-order chi connectivity index (χ1) is 11.6. The summed E-state index contributed by atoms with van der Waals surface area (Å²) in [4.78, 5) is 0. The van der Waals surface area contributed by atoms with E-state index in [4.69, 9.17) is 9.47 Å². The van der Waals surface area contributed by atoms with Gasteiger partial charge in [0.2, 0.25) is 0 Å². The van der Waals surface area contributed by atoms with Gasteiger partial charge in [-0.15, -0.1) is 6.07 Å². The molecule has 2 nitrogen and oxygen atoms in total. The number of ether oxygens (including phenoxy) is 2. The SMILES string of the molecule is C=[C-]c1cc(/C=C(\CC(OC)OC)c2ccc(C)cc2)ccc1C.[Y+3]. The number of benzene rings is 2. The van der Waals surface area contributed by atoms with E-state index in [2.05, 4.69) is 75.0 Å². The molecule has 0 radical (unpaired) electrons. The molecule has 0 aliphatic carbocycles. The molecule has 0 N–H and O–H groups in total. The third kappa shape index (κ3) is 6.31. The molecule has 25 heavy (non-hydrogen) atoms. The second-order valence-electron chi connectivity index (χ2n) is 5.89. The number of hydrogen-bond acceptors (Lipinski definition) is 2. The summed E-state index contributed by atoms with van der Waals surface area (Å²) in [5.41, 5.74) is 6.90. The molecule has 0 unspecified atom stereocenters. The predicted molar refractivity (Wildman–Crippen MR) is 101 cm³/mol. The summed E-state index contributed by atoms with van der Waals surface area (Å²) >= 11 is 0. The van der Waals surface area contributed by atoms with E-state index in [0.29, 0.717) is 6.42 Å². The molecule has 126 valence electrons. The summed E-state index contributed by atoms with van der Waals surface area (Å²) in [7, 11) is 3.33. The van der Waals surface area contributed by atoms with Gasteiger partial charge in [-0.3, -0.25) is 0 Å². The molecule has 0 aromatic heterocycles. The number of aryl methyl sites for hydroxylation is 2. The summed E-state index contributed by atoms with van der Waals surface area (Å²) in [6, 6.07) is 14.8. The molecule has 3 heteroatoms. The van der Waals surface area contributed by atoms with Crippen LogP contribution in [0.5, 0.6) is 0 Å². The Kier molecular flexibility index (Phi) is 9.52. The van der Waals surface area contributed by atoms with Crippen LogP contribution in [-0.2, 0) is 42.2 Å². The van der Waals surface area contributed by atoms with E-state index in [1.165, 1.54) is 22.3 Å². The summed E-state index contributed by atoms with van der Waals surface area (Å²) in [6.45, 7) is 7.92. The second kappa shape index (κ2) is 10.8. The zero-order valence-corrected chi connectivity index (χ0v) is 18.3. The van der Waals surface area contributed by atoms with Crippen LogP contribution in [0.1, 0.15) is 34.2 Å². The van der Waals surface area contributed by atoms with E-state index in [9.17, 15) is 0 Å². The molecule has 0 spiro atoms. The standard InChI is InChI=1S/C22H25O2.Y/c1-6-19-13-18(10-9-17(19)3)14-21(15-22(23-4)24-5)20-11-7-16(2)8-12-20;/h7-14,22H,1,15H2,2-5H3;/q-1;+3/b21-14+;. The maximum absolute atomic E-state index is 5.39. The van der Waals surface area contributed by atoms with Crippen molar-refractivity contribution in [2.45, 2.75) is 26.6 Å². The monoisotopic (exact) mass is 410 g/mol. The molecule has 0 heterocycles. The van der Waals surface area contributed by atoms with Crippen LogP contribution >= 0.6 is 0 Å². The van der Waals surface area contributed by atoms with Crippen LogP contribution in [0.4, 0.5) is 0 Å². The quantitative estimate of drug-likeness (QED) is 0.356. The fourth-order valence-corrected chi connectivity index (χ4v) is 2.59. The summed E-state index contributed by atoms with van der Waals surface area (Å²) in [6.07, 6.45) is 5.57. The summed E-state index contributed by atoms with van der Waals surface area (Å²) in [5.74, 6) is 0. The minimum absolute atomic E-state index is 0. The molecule has 0 atom stereocenters. The van der Waals surface area contributed by atoms with Crippen LogP contribution in [0, 0.1) is 19.9 Å². The molecule has 0 amide bonds. The van der Waals surface area contributed by atoms with Crippen molar-refractivity contribution in [2.24, 2.45) is 0 Å². The van der Waals surface area contributed by atoms with Gasteiger partial charge in [0.1, 0.15) is 0 Å². The normalized spacial score (nSPS) is 11.3. The van der Waals surface area contributed by atoms with Crippen LogP contribution in [0.15, 0.2) is 49.0 Å². The van der Waals surface area contributed by atoms with E-state index < -0.39 is 0 Å². The molecular formula is C22H25O2Y+2. The molecular weight excluding hydrogens is 385 g/mol. The molecule has 0 aliphatic heterocycles. The van der Waals surface area contributed by atoms with Crippen molar-refractivity contribution in [2.75, 3.05) is 14.2 Å². The first kappa shape index (κ1) is 22.0. The van der Waals surface area contributed by atoms with Crippen molar-refractivity contribution in [1.29, 1.82) is 0 Å². The van der Waals surface area contributed by atoms with Crippen LogP contribution in [0.3, 0.4) is 0 Å². The van der Waals surface area contributed by atoms with E-state index in [1.54, 1.807) is 14.2 Å². The first-order valence-electron chi connectivity index (χ1n) is 8.04. The van der Waals surface area contributed by atoms with Crippen LogP contribution in [0.2, 0.25) is 0 Å². The van der Waals surface area contributed by atoms with Crippen LogP contribution in [0.25, 0.3) is 11.6 Å². The summed E-state index contributed by atoms with van der Waals surface area (Å²) in [5, 5.41) is 0. The fraction of sp³-hybridized carbons (Fsp3) is 0.273.